The van der Waals surface area contributed by atoms with Gasteiger partial charge >= 0.3 is 0 Å². The van der Waals surface area contributed by atoms with Gasteiger partial charge in [-0.25, -0.2) is 0 Å². The first-order valence-corrected chi connectivity index (χ1v) is 25.6. The van der Waals surface area contributed by atoms with Crippen LogP contribution in [-0.2, 0) is 5.41 Å². The van der Waals surface area contributed by atoms with Crippen molar-refractivity contribution < 1.29 is 4.79 Å². The van der Waals surface area contributed by atoms with E-state index in [9.17, 15) is 0 Å². The third kappa shape index (κ3) is 1.37. The Balaban J connectivity index is 1.19. The molecule has 0 saturated carbocycles. The van der Waals surface area contributed by atoms with E-state index in [0.717, 1.165) is 5.56 Å². The second-order valence-corrected chi connectivity index (χ2v) is 25.3. The first-order valence-electron chi connectivity index (χ1n) is 25.6. The van der Waals surface area contributed by atoms with Gasteiger partial charge in [0.1, 0.15) is 0 Å². The van der Waals surface area contributed by atoms with Gasteiger partial charge in [-0.15, -0.1) is 0 Å². The van der Waals surface area contributed by atoms with Crippen LogP contribution in [0.3, 0.4) is 0 Å². The molecule has 0 atom stereocenters. The first-order chi connectivity index (χ1) is 34.3. The van der Waals surface area contributed by atoms with Gasteiger partial charge in [0, 0.05) is 11.5 Å². The molecule has 0 saturated heterocycles. The molecule has 0 fully saturated rings. The summed E-state index contributed by atoms with van der Waals surface area (Å²) < 4.78 is 0. The van der Waals surface area contributed by atoms with Crippen LogP contribution in [0.15, 0.2) is 24.3 Å². The Morgan fingerprint density at radius 2 is 0.435 bits per heavy atom. The smallest absolute Gasteiger partial charge is 0.178 e. The van der Waals surface area contributed by atoms with Gasteiger partial charge in [0.05, 0.1) is 5.41 Å². The van der Waals surface area contributed by atoms with E-state index in [2.05, 4.69) is 31.2 Å². The summed E-state index contributed by atoms with van der Waals surface area (Å²) in [5, 5.41) is 85.3. The van der Waals surface area contributed by atoms with Gasteiger partial charge in [-0.05, 0) is 320 Å². The van der Waals surface area contributed by atoms with Crippen molar-refractivity contribution in [2.45, 2.75) is 18.3 Å². The molecule has 29 aromatic rings. The first kappa shape index (κ1) is 25.5. The minimum atomic E-state index is -0.874. The summed E-state index contributed by atoms with van der Waals surface area (Å²) in [6.45, 7) is 2.18. The number of hydrogen-bond donors (Lipinski definition) is 0. The Bertz CT molecular complexity index is 7140. The van der Waals surface area contributed by atoms with Crippen molar-refractivity contribution in [3.8, 4) is 0 Å². The molecule has 0 spiro atoms. The van der Waals surface area contributed by atoms with E-state index >= 15 is 4.79 Å². The Kier molecular flexibility index (Phi) is 2.13. The third-order valence-corrected chi connectivity index (χ3v) is 24.8. The van der Waals surface area contributed by atoms with Crippen molar-refractivity contribution in [1.29, 1.82) is 0 Å². The van der Waals surface area contributed by atoms with Crippen LogP contribution in [0.2, 0.25) is 0 Å². The average Bonchev–Trinajstić information content (AvgIpc) is 4.22. The molecule has 0 amide bonds. The zero-order valence-corrected chi connectivity index (χ0v) is 35.3. The van der Waals surface area contributed by atoms with Crippen LogP contribution in [0.5, 0.6) is 0 Å². The van der Waals surface area contributed by atoms with E-state index in [4.69, 9.17) is 0 Å². The molecule has 286 valence electrons. The number of benzene rings is 19. The fourth-order valence-corrected chi connectivity index (χ4v) is 24.5. The van der Waals surface area contributed by atoms with Gasteiger partial charge in [0.15, 0.2) is 5.78 Å². The Morgan fingerprint density at radius 1 is 0.261 bits per heavy atom. The molecule has 0 radical (unpaired) electrons. The standard InChI is InChI=1S/C68H8O/c1-6-2-4-7(5-3-6)67(69)68-64-60-54-40-32-24-12-9-8-10-13(12)25-27-23-17(10)19-15-11(8)14-18-16(9)22-26(24)38(40)46-44-30(22)28(18)36-34-20(14)21(15)35-37-29(19)31(23)45-47-39(27)41(33(25)32)55(54)61(64)57(47)59-51(45)49(37)53-43(35)42(34)52-48(36)50(44)58(56(46)60)65(68)62(52)63(53)66(59)68/h2-5,64H,1H3. The van der Waals surface area contributed by atoms with E-state index < -0.39 is 5.41 Å². The van der Waals surface area contributed by atoms with Crippen LogP contribution in [0.25, 0.3) is 291 Å². The molecule has 33 rings (SSSR count). The molecule has 69 heavy (non-hydrogen) atoms. The zero-order chi connectivity index (χ0) is 41.1. The molecule has 1 nitrogen and oxygen atoms in total. The molecule has 0 heterocycles. The number of carbonyl (C=O) groups is 1. The number of rotatable bonds is 2. The van der Waals surface area contributed by atoms with Crippen molar-refractivity contribution in [2.75, 3.05) is 0 Å². The third-order valence-electron chi connectivity index (χ3n) is 24.8. The molecule has 0 N–H and O–H groups in total. The van der Waals surface area contributed by atoms with E-state index in [1.54, 1.807) is 259 Å². The lowest BCUT2D eigenvalue weighted by molar-refractivity contribution is 0.0904. The lowest BCUT2D eigenvalue weighted by Crippen LogP contribution is -2.44. The van der Waals surface area contributed by atoms with Crippen molar-refractivity contribution >= 4 is 297 Å². The quantitative estimate of drug-likeness (QED) is 0.125. The average molecular weight is 841 g/mol. The van der Waals surface area contributed by atoms with Crippen LogP contribution in [0.4, 0.5) is 0 Å². The molecule has 29 aromatic carbocycles. The number of aryl methyl sites for hydroxylation is 1. The predicted octanol–water partition coefficient (Wildman–Crippen LogP) is 18.3. The Labute approximate surface area is 375 Å². The fraction of sp³-hybridized carbons (Fsp3) is 0.0441. The van der Waals surface area contributed by atoms with Crippen molar-refractivity contribution in [3.63, 3.8) is 0 Å². The summed E-state index contributed by atoms with van der Waals surface area (Å²) in [5.41, 5.74) is 7.17. The van der Waals surface area contributed by atoms with Crippen molar-refractivity contribution in [2.24, 2.45) is 0 Å². The second kappa shape index (κ2) is 5.76. The lowest BCUT2D eigenvalue weighted by Gasteiger charge is -2.44. The highest BCUT2D eigenvalue weighted by atomic mass is 16.1. The summed E-state index contributed by atoms with van der Waals surface area (Å²) in [6.07, 6.45) is 0. The summed E-state index contributed by atoms with van der Waals surface area (Å²) in [6, 6.07) is 8.86. The highest BCUT2D eigenvalue weighted by Crippen LogP contribution is 2.83. The summed E-state index contributed by atoms with van der Waals surface area (Å²) in [4.78, 5) is 17.5. The number of hydrogen-bond acceptors (Lipinski definition) is 1. The molecule has 0 aromatic heterocycles. The van der Waals surface area contributed by atoms with E-state index in [1.165, 1.54) is 59.8 Å². The maximum absolute atomic E-state index is 17.5. The molecule has 1 heteroatoms. The van der Waals surface area contributed by atoms with Gasteiger partial charge in [-0.1, -0.05) is 29.8 Å². The zero-order valence-electron chi connectivity index (χ0n) is 35.3. The van der Waals surface area contributed by atoms with Crippen molar-refractivity contribution in [1.82, 2.24) is 0 Å². The van der Waals surface area contributed by atoms with Crippen LogP contribution < -0.4 is 0 Å². The fourth-order valence-electron chi connectivity index (χ4n) is 24.5. The Hall–Kier alpha value is -8.65. The molecule has 0 bridgehead atoms. The molecular weight excluding hydrogens is 833 g/mol. The summed E-state index contributed by atoms with van der Waals surface area (Å²) in [7, 11) is 0. The summed E-state index contributed by atoms with van der Waals surface area (Å²) >= 11 is 0. The van der Waals surface area contributed by atoms with Gasteiger partial charge in [0.25, 0.3) is 0 Å². The van der Waals surface area contributed by atoms with Gasteiger partial charge < -0.3 is 0 Å². The van der Waals surface area contributed by atoms with Crippen LogP contribution in [-0.4, -0.2) is 5.78 Å². The second-order valence-electron chi connectivity index (χ2n) is 25.3. The lowest BCUT2D eigenvalue weighted by atomic mass is 9.55. The van der Waals surface area contributed by atoms with Gasteiger partial charge in [0.2, 0.25) is 0 Å². The van der Waals surface area contributed by atoms with Crippen molar-refractivity contribution in [3.05, 3.63) is 57.6 Å². The minimum Gasteiger partial charge on any atom is -0.293 e. The maximum atomic E-state index is 17.5. The SMILES string of the molecule is Cc1ccc(C(=O)C23c4c5c6c7c8c9c(c%10c%11c2c2c4c4c%12c5c5c6c6c8c8c%13c9c9c%10c%10c%11c%11c2c2c4c4c%12c%12c5c5c6c8c6c8c%13c9c9c%10c%10c%11c2c2c4c4c%12c5c6c5c8c9c%10c2c45)C73)cc1. The normalized spacial score (nSPS) is 20.8. The van der Waals surface area contributed by atoms with Crippen LogP contribution in [0, 0.1) is 6.92 Å². The molecular formula is C68H8O. The highest BCUT2D eigenvalue weighted by molar-refractivity contribution is 6.82. The van der Waals surface area contributed by atoms with E-state index in [1.807, 2.05) is 0 Å². The monoisotopic (exact) mass is 840 g/mol. The number of ketones is 1. The van der Waals surface area contributed by atoms with Crippen LogP contribution >= 0.6 is 0 Å². The largest absolute Gasteiger partial charge is 0.293 e. The van der Waals surface area contributed by atoms with Crippen LogP contribution in [0.1, 0.15) is 44.1 Å². The van der Waals surface area contributed by atoms with Gasteiger partial charge in [-0.3, -0.25) is 4.79 Å². The highest BCUT2D eigenvalue weighted by Gasteiger charge is 2.65. The van der Waals surface area contributed by atoms with E-state index in [0.29, 0.717) is 5.78 Å². The number of Topliss-reactive ketones (excluding diaryl/α,β-unsaturated/α-hetero) is 1. The summed E-state index contributed by atoms with van der Waals surface area (Å²) in [5.74, 6) is 0.277. The van der Waals surface area contributed by atoms with Gasteiger partial charge in [-0.2, -0.15) is 0 Å². The molecule has 4 aliphatic carbocycles. The minimum absolute atomic E-state index is 0.0723. The predicted molar refractivity (Wildman–Crippen MR) is 290 cm³/mol. The van der Waals surface area contributed by atoms with E-state index in [-0.39, 0.29) is 5.92 Å². The molecule has 0 aliphatic heterocycles. The maximum Gasteiger partial charge on any atom is 0.178 e. The number of carbonyl (C=O) groups excluding carboxylic acids is 1. The molecule has 0 unspecified atom stereocenters. The topological polar surface area (TPSA) is 17.1 Å². The Morgan fingerprint density at radius 3 is 0.667 bits per heavy atom. The molecule has 4 aliphatic rings.